The van der Waals surface area contributed by atoms with Crippen molar-refractivity contribution in [3.8, 4) is 0 Å². The van der Waals surface area contributed by atoms with E-state index in [0.717, 1.165) is 11.8 Å². The third-order valence-electron chi connectivity index (χ3n) is 4.85. The van der Waals surface area contributed by atoms with Gasteiger partial charge in [0.15, 0.2) is 0 Å². The second-order valence-electron chi connectivity index (χ2n) is 7.51. The van der Waals surface area contributed by atoms with Crippen molar-refractivity contribution in [3.05, 3.63) is 35.4 Å². The first kappa shape index (κ1) is 15.6. The van der Waals surface area contributed by atoms with Crippen LogP contribution in [-0.4, -0.2) is 13.6 Å². The normalized spacial score (nSPS) is 23.8. The molecule has 0 saturated heterocycles. The first-order chi connectivity index (χ1) is 9.50. The smallest absolute Gasteiger partial charge is 0.00208 e. The highest BCUT2D eigenvalue weighted by Crippen LogP contribution is 2.32. The van der Waals surface area contributed by atoms with Gasteiger partial charge in [-0.25, -0.2) is 0 Å². The van der Waals surface area contributed by atoms with Crippen LogP contribution in [0.1, 0.15) is 57.6 Å². The van der Waals surface area contributed by atoms with Gasteiger partial charge in [-0.1, -0.05) is 57.9 Å². The molecule has 0 amide bonds. The van der Waals surface area contributed by atoms with E-state index in [2.05, 4.69) is 57.4 Å². The molecule has 112 valence electrons. The molecule has 2 unspecified atom stereocenters. The summed E-state index contributed by atoms with van der Waals surface area (Å²) < 4.78 is 0. The van der Waals surface area contributed by atoms with Gasteiger partial charge in [0.05, 0.1) is 0 Å². The molecular weight excluding hydrogens is 242 g/mol. The number of nitrogens with one attached hydrogen (secondary N) is 1. The predicted octanol–water partition coefficient (Wildman–Crippen LogP) is 4.55. The van der Waals surface area contributed by atoms with Gasteiger partial charge in [0.1, 0.15) is 0 Å². The minimum absolute atomic E-state index is 0.262. The lowest BCUT2D eigenvalue weighted by atomic mass is 9.76. The van der Waals surface area contributed by atoms with Crippen LogP contribution in [0.25, 0.3) is 0 Å². The van der Waals surface area contributed by atoms with Crippen LogP contribution in [0.2, 0.25) is 0 Å². The fraction of sp³-hybridized carbons (Fsp3) is 0.684. The van der Waals surface area contributed by atoms with E-state index in [4.69, 9.17) is 0 Å². The van der Waals surface area contributed by atoms with Gasteiger partial charge < -0.3 is 5.32 Å². The molecule has 1 aromatic rings. The maximum absolute atomic E-state index is 3.38. The Balaban J connectivity index is 2.01. The highest BCUT2D eigenvalue weighted by atomic mass is 14.8. The molecule has 1 fully saturated rings. The van der Waals surface area contributed by atoms with E-state index in [1.807, 2.05) is 0 Å². The highest BCUT2D eigenvalue weighted by Gasteiger charge is 2.24. The van der Waals surface area contributed by atoms with Crippen LogP contribution in [0.5, 0.6) is 0 Å². The zero-order valence-corrected chi connectivity index (χ0v) is 13.7. The predicted molar refractivity (Wildman–Crippen MR) is 88.2 cm³/mol. The van der Waals surface area contributed by atoms with E-state index in [9.17, 15) is 0 Å². The van der Waals surface area contributed by atoms with Gasteiger partial charge in [-0.3, -0.25) is 0 Å². The Kier molecular flexibility index (Phi) is 5.26. The van der Waals surface area contributed by atoms with E-state index < -0.39 is 0 Å². The van der Waals surface area contributed by atoms with Gasteiger partial charge in [-0.05, 0) is 61.2 Å². The minimum Gasteiger partial charge on any atom is -0.319 e. The highest BCUT2D eigenvalue weighted by molar-refractivity contribution is 5.27. The van der Waals surface area contributed by atoms with Crippen LogP contribution >= 0.6 is 0 Å². The summed E-state index contributed by atoms with van der Waals surface area (Å²) in [6.07, 6.45) is 6.92. The number of hydrogen-bond donors (Lipinski definition) is 1. The molecule has 1 N–H and O–H groups in total. The molecule has 2 atom stereocenters. The molecule has 1 aliphatic carbocycles. The Labute approximate surface area is 125 Å². The Morgan fingerprint density at radius 1 is 1.00 bits per heavy atom. The van der Waals surface area contributed by atoms with E-state index in [1.165, 1.54) is 49.8 Å². The lowest BCUT2D eigenvalue weighted by molar-refractivity contribution is 0.232. The lowest BCUT2D eigenvalue weighted by Gasteiger charge is -2.31. The maximum atomic E-state index is 3.38. The fourth-order valence-electron chi connectivity index (χ4n) is 3.53. The van der Waals surface area contributed by atoms with E-state index in [0.29, 0.717) is 0 Å². The van der Waals surface area contributed by atoms with Gasteiger partial charge in [0.2, 0.25) is 0 Å². The first-order valence-electron chi connectivity index (χ1n) is 8.24. The second kappa shape index (κ2) is 6.76. The largest absolute Gasteiger partial charge is 0.319 e. The summed E-state index contributed by atoms with van der Waals surface area (Å²) in [5.74, 6) is 1.74. The Morgan fingerprint density at radius 3 is 2.15 bits per heavy atom. The van der Waals surface area contributed by atoms with E-state index >= 15 is 0 Å². The third-order valence-corrected chi connectivity index (χ3v) is 4.85. The van der Waals surface area contributed by atoms with Crippen molar-refractivity contribution < 1.29 is 0 Å². The van der Waals surface area contributed by atoms with Gasteiger partial charge >= 0.3 is 0 Å². The average molecular weight is 273 g/mol. The van der Waals surface area contributed by atoms with Crippen molar-refractivity contribution in [3.63, 3.8) is 0 Å². The lowest BCUT2D eigenvalue weighted by Crippen LogP contribution is -2.30. The molecular formula is C19H31N. The van der Waals surface area contributed by atoms with E-state index in [1.54, 1.807) is 0 Å². The molecule has 1 nitrogen and oxygen atoms in total. The molecule has 20 heavy (non-hydrogen) atoms. The van der Waals surface area contributed by atoms with Crippen LogP contribution in [0.4, 0.5) is 0 Å². The number of benzene rings is 1. The zero-order chi connectivity index (χ0) is 14.6. The van der Waals surface area contributed by atoms with Gasteiger partial charge in [-0.15, -0.1) is 0 Å². The summed E-state index contributed by atoms with van der Waals surface area (Å²) >= 11 is 0. The second-order valence-corrected chi connectivity index (χ2v) is 7.51. The van der Waals surface area contributed by atoms with Crippen molar-refractivity contribution >= 4 is 0 Å². The molecule has 0 bridgehead atoms. The Hall–Kier alpha value is -0.820. The summed E-state index contributed by atoms with van der Waals surface area (Å²) in [5, 5.41) is 3.38. The summed E-state index contributed by atoms with van der Waals surface area (Å²) in [6.45, 7) is 8.04. The van der Waals surface area contributed by atoms with Crippen LogP contribution in [0.3, 0.4) is 0 Å². The van der Waals surface area contributed by atoms with Crippen LogP contribution in [0, 0.1) is 11.8 Å². The van der Waals surface area contributed by atoms with Gasteiger partial charge in [0.25, 0.3) is 0 Å². The molecule has 2 rings (SSSR count). The molecule has 0 spiro atoms. The molecule has 0 radical (unpaired) electrons. The fourth-order valence-corrected chi connectivity index (χ4v) is 3.53. The van der Waals surface area contributed by atoms with E-state index in [-0.39, 0.29) is 5.41 Å². The van der Waals surface area contributed by atoms with Gasteiger partial charge in [0, 0.05) is 0 Å². The summed E-state index contributed by atoms with van der Waals surface area (Å²) in [5.41, 5.74) is 3.22. The number of rotatable bonds is 4. The molecule has 0 aliphatic heterocycles. The summed E-state index contributed by atoms with van der Waals surface area (Å²) in [4.78, 5) is 0. The SMILES string of the molecule is CNCC1CCCCC1Cc1ccc(C(C)(C)C)cc1. The molecule has 1 aliphatic rings. The molecule has 1 aromatic carbocycles. The van der Waals surface area contributed by atoms with Gasteiger partial charge in [-0.2, -0.15) is 0 Å². The minimum atomic E-state index is 0.262. The Bertz CT molecular complexity index is 397. The summed E-state index contributed by atoms with van der Waals surface area (Å²) in [7, 11) is 2.09. The average Bonchev–Trinajstić information content (AvgIpc) is 2.41. The van der Waals surface area contributed by atoms with Crippen molar-refractivity contribution in [2.45, 2.75) is 58.3 Å². The molecule has 1 saturated carbocycles. The van der Waals surface area contributed by atoms with Crippen molar-refractivity contribution in [2.24, 2.45) is 11.8 Å². The monoisotopic (exact) mass is 273 g/mol. The molecule has 0 heterocycles. The summed E-state index contributed by atoms with van der Waals surface area (Å²) in [6, 6.07) is 9.35. The molecule has 0 aromatic heterocycles. The zero-order valence-electron chi connectivity index (χ0n) is 13.7. The quantitative estimate of drug-likeness (QED) is 0.848. The maximum Gasteiger partial charge on any atom is -0.00208 e. The third kappa shape index (κ3) is 4.09. The molecule has 1 heteroatoms. The standard InChI is InChI=1S/C19H31N/c1-19(2,3)18-11-9-15(10-12-18)13-16-7-5-6-8-17(16)14-20-4/h9-12,16-17,20H,5-8,13-14H2,1-4H3. The van der Waals surface area contributed by atoms with Crippen molar-refractivity contribution in [2.75, 3.05) is 13.6 Å². The van der Waals surface area contributed by atoms with Crippen molar-refractivity contribution in [1.82, 2.24) is 5.32 Å². The number of hydrogen-bond acceptors (Lipinski definition) is 1. The topological polar surface area (TPSA) is 12.0 Å². The van der Waals surface area contributed by atoms with Crippen molar-refractivity contribution in [1.29, 1.82) is 0 Å². The van der Waals surface area contributed by atoms with Crippen LogP contribution in [0.15, 0.2) is 24.3 Å². The Morgan fingerprint density at radius 2 is 1.60 bits per heavy atom. The van der Waals surface area contributed by atoms with Crippen LogP contribution in [-0.2, 0) is 11.8 Å². The van der Waals surface area contributed by atoms with Crippen LogP contribution < -0.4 is 5.32 Å². The first-order valence-corrected chi connectivity index (χ1v) is 8.24.